The molecule has 1 aliphatic heterocycles. The Labute approximate surface area is 154 Å². The van der Waals surface area contributed by atoms with E-state index in [4.69, 9.17) is 0 Å². The predicted octanol–water partition coefficient (Wildman–Crippen LogP) is 6.34. The van der Waals surface area contributed by atoms with E-state index in [-0.39, 0.29) is 7.92 Å². The number of hydrogen-bond acceptors (Lipinski definition) is 0. The van der Waals surface area contributed by atoms with E-state index in [1.807, 2.05) is 0 Å². The molecular formula is C23H26P2. The van der Waals surface area contributed by atoms with E-state index in [9.17, 15) is 0 Å². The van der Waals surface area contributed by atoms with Crippen LogP contribution >= 0.6 is 15.8 Å². The summed E-state index contributed by atoms with van der Waals surface area (Å²) in [5.41, 5.74) is 1.75. The Hall–Kier alpha value is -1.22. The highest BCUT2D eigenvalue weighted by atomic mass is 31.1. The third-order valence-electron chi connectivity index (χ3n) is 5.41. The van der Waals surface area contributed by atoms with Gasteiger partial charge in [0.1, 0.15) is 0 Å². The van der Waals surface area contributed by atoms with Crippen molar-refractivity contribution in [3.05, 3.63) is 83.4 Å². The zero-order chi connectivity index (χ0) is 17.2. The van der Waals surface area contributed by atoms with Crippen LogP contribution in [0.25, 0.3) is 0 Å². The maximum absolute atomic E-state index is 2.49. The van der Waals surface area contributed by atoms with Crippen LogP contribution in [0.2, 0.25) is 0 Å². The van der Waals surface area contributed by atoms with Crippen molar-refractivity contribution < 1.29 is 0 Å². The van der Waals surface area contributed by atoms with Gasteiger partial charge in [0.15, 0.2) is 0 Å². The SMILES string of the molecule is C[C@H]1CC[C@H](C)P1C1=C(P(c2ccccc2)c2ccccc2)CC=C1. The van der Waals surface area contributed by atoms with Gasteiger partial charge < -0.3 is 0 Å². The van der Waals surface area contributed by atoms with E-state index >= 15 is 0 Å². The second-order valence-electron chi connectivity index (χ2n) is 7.13. The Kier molecular flexibility index (Phi) is 5.21. The molecule has 2 atom stereocenters. The zero-order valence-electron chi connectivity index (χ0n) is 15.1. The molecule has 1 saturated heterocycles. The van der Waals surface area contributed by atoms with Crippen molar-refractivity contribution in [2.75, 3.05) is 0 Å². The van der Waals surface area contributed by atoms with Crippen molar-refractivity contribution in [2.24, 2.45) is 0 Å². The lowest BCUT2D eigenvalue weighted by Gasteiger charge is -2.28. The molecule has 128 valence electrons. The number of allylic oxidation sites excluding steroid dienone is 4. The van der Waals surface area contributed by atoms with Gasteiger partial charge in [0.05, 0.1) is 0 Å². The molecule has 0 nitrogen and oxygen atoms in total. The summed E-state index contributed by atoms with van der Waals surface area (Å²) < 4.78 is 0. The lowest BCUT2D eigenvalue weighted by atomic mass is 10.2. The molecule has 1 fully saturated rings. The lowest BCUT2D eigenvalue weighted by Crippen LogP contribution is -2.13. The van der Waals surface area contributed by atoms with Crippen LogP contribution in [0, 0.1) is 0 Å². The smallest absolute Gasteiger partial charge is 0.00770 e. The minimum Gasteiger partial charge on any atom is -0.0794 e. The summed E-state index contributed by atoms with van der Waals surface area (Å²) in [5.74, 6) is 0. The molecule has 25 heavy (non-hydrogen) atoms. The first-order chi connectivity index (χ1) is 12.3. The molecule has 0 N–H and O–H groups in total. The molecule has 2 aliphatic rings. The molecule has 2 aromatic rings. The summed E-state index contributed by atoms with van der Waals surface area (Å²) in [6, 6.07) is 22.4. The highest BCUT2D eigenvalue weighted by molar-refractivity contribution is 7.78. The summed E-state index contributed by atoms with van der Waals surface area (Å²) in [7, 11) is -0.424. The monoisotopic (exact) mass is 364 g/mol. The van der Waals surface area contributed by atoms with Gasteiger partial charge in [-0.2, -0.15) is 0 Å². The molecule has 0 spiro atoms. The molecule has 1 aliphatic carbocycles. The van der Waals surface area contributed by atoms with E-state index in [1.165, 1.54) is 23.5 Å². The van der Waals surface area contributed by atoms with E-state index < -0.39 is 7.92 Å². The Morgan fingerprint density at radius 3 is 1.84 bits per heavy atom. The van der Waals surface area contributed by atoms with E-state index in [1.54, 1.807) is 10.6 Å². The molecule has 0 amide bonds. The van der Waals surface area contributed by atoms with Gasteiger partial charge in [0.2, 0.25) is 0 Å². The van der Waals surface area contributed by atoms with Crippen LogP contribution < -0.4 is 10.6 Å². The van der Waals surface area contributed by atoms with Gasteiger partial charge in [-0.3, -0.25) is 0 Å². The summed E-state index contributed by atoms with van der Waals surface area (Å²) in [6.07, 6.45) is 8.87. The summed E-state index contributed by atoms with van der Waals surface area (Å²) in [6.45, 7) is 4.97. The van der Waals surface area contributed by atoms with Crippen molar-refractivity contribution in [2.45, 2.75) is 44.4 Å². The molecule has 0 saturated carbocycles. The fourth-order valence-electron chi connectivity index (χ4n) is 4.21. The van der Waals surface area contributed by atoms with Gasteiger partial charge >= 0.3 is 0 Å². The average Bonchev–Trinajstić information content (AvgIpc) is 3.23. The second-order valence-corrected chi connectivity index (χ2v) is 12.4. The van der Waals surface area contributed by atoms with Gasteiger partial charge in [0, 0.05) is 0 Å². The van der Waals surface area contributed by atoms with E-state index in [0.29, 0.717) is 0 Å². The van der Waals surface area contributed by atoms with E-state index in [0.717, 1.165) is 17.7 Å². The first-order valence-corrected chi connectivity index (χ1v) is 12.2. The third kappa shape index (κ3) is 3.40. The van der Waals surface area contributed by atoms with Crippen LogP contribution in [0.5, 0.6) is 0 Å². The third-order valence-corrected chi connectivity index (χ3v) is 11.6. The van der Waals surface area contributed by atoms with Gasteiger partial charge in [-0.15, -0.1) is 0 Å². The van der Waals surface area contributed by atoms with Crippen LogP contribution in [-0.4, -0.2) is 11.3 Å². The number of benzene rings is 2. The van der Waals surface area contributed by atoms with Gasteiger partial charge in [-0.25, -0.2) is 0 Å². The van der Waals surface area contributed by atoms with Crippen LogP contribution in [0.3, 0.4) is 0 Å². The highest BCUT2D eigenvalue weighted by Crippen LogP contribution is 2.66. The molecule has 0 unspecified atom stereocenters. The van der Waals surface area contributed by atoms with E-state index in [2.05, 4.69) is 86.7 Å². The lowest BCUT2D eigenvalue weighted by molar-refractivity contribution is 0.777. The minimum absolute atomic E-state index is 0.0121. The molecule has 4 rings (SSSR count). The first-order valence-electron chi connectivity index (χ1n) is 9.34. The van der Waals surface area contributed by atoms with Gasteiger partial charge in [-0.1, -0.05) is 94.6 Å². The minimum atomic E-state index is -0.412. The molecule has 0 bridgehead atoms. The Bertz CT molecular complexity index is 727. The quantitative estimate of drug-likeness (QED) is 0.555. The van der Waals surface area contributed by atoms with Crippen molar-refractivity contribution in [1.29, 1.82) is 0 Å². The second kappa shape index (κ2) is 7.57. The molecule has 1 heterocycles. The largest absolute Gasteiger partial charge is 0.0794 e. The highest BCUT2D eigenvalue weighted by Gasteiger charge is 2.35. The van der Waals surface area contributed by atoms with Crippen molar-refractivity contribution >= 4 is 26.5 Å². The summed E-state index contributed by atoms with van der Waals surface area (Å²) in [5, 5.41) is 6.44. The molecule has 2 aromatic carbocycles. The summed E-state index contributed by atoms with van der Waals surface area (Å²) >= 11 is 0. The van der Waals surface area contributed by atoms with Crippen LogP contribution in [0.15, 0.2) is 83.4 Å². The average molecular weight is 364 g/mol. The molecule has 0 radical (unpaired) electrons. The summed E-state index contributed by atoms with van der Waals surface area (Å²) in [4.78, 5) is 0. The fourth-order valence-corrected chi connectivity index (χ4v) is 10.6. The molecule has 0 aromatic heterocycles. The Morgan fingerprint density at radius 1 is 0.800 bits per heavy atom. The standard InChI is InChI=1S/C23H26P2/c1-18-16-17-19(2)24(18)22-14-9-15-23(22)25(20-10-5-3-6-11-20)21-12-7-4-8-13-21/h3-14,18-19H,15-17H2,1-2H3/t18-,19-/m0/s1. The van der Waals surface area contributed by atoms with Crippen molar-refractivity contribution in [3.8, 4) is 0 Å². The molecule has 2 heteroatoms. The fraction of sp³-hybridized carbons (Fsp3) is 0.304. The maximum atomic E-state index is 2.49. The van der Waals surface area contributed by atoms with Crippen molar-refractivity contribution in [3.63, 3.8) is 0 Å². The van der Waals surface area contributed by atoms with Crippen LogP contribution in [0.4, 0.5) is 0 Å². The van der Waals surface area contributed by atoms with Crippen LogP contribution in [0.1, 0.15) is 33.1 Å². The Balaban J connectivity index is 1.83. The van der Waals surface area contributed by atoms with Gasteiger partial charge in [-0.05, 0) is 59.7 Å². The number of hydrogen-bond donors (Lipinski definition) is 0. The normalized spacial score (nSPS) is 23.8. The topological polar surface area (TPSA) is 0 Å². The first kappa shape index (κ1) is 17.2. The molecular weight excluding hydrogens is 338 g/mol. The predicted molar refractivity (Wildman–Crippen MR) is 115 cm³/mol. The zero-order valence-corrected chi connectivity index (χ0v) is 16.9. The van der Waals surface area contributed by atoms with Gasteiger partial charge in [0.25, 0.3) is 0 Å². The number of rotatable bonds is 4. The Morgan fingerprint density at radius 2 is 1.32 bits per heavy atom. The maximum Gasteiger partial charge on any atom is -0.00770 e. The van der Waals surface area contributed by atoms with Crippen molar-refractivity contribution in [1.82, 2.24) is 0 Å². The van der Waals surface area contributed by atoms with Crippen LogP contribution in [-0.2, 0) is 0 Å².